The molecule has 13 heavy (non-hydrogen) atoms. The second-order valence-corrected chi connectivity index (χ2v) is 2.50. The van der Waals surface area contributed by atoms with Crippen LogP contribution in [0.1, 0.15) is 5.56 Å². The minimum absolute atomic E-state index is 0.798. The highest BCUT2D eigenvalue weighted by molar-refractivity contribution is 5.84. The first kappa shape index (κ1) is 9.58. The molecule has 0 aliphatic heterocycles. The molecule has 0 fully saturated rings. The van der Waals surface area contributed by atoms with Gasteiger partial charge in [0.05, 0.1) is 14.2 Å². The summed E-state index contributed by atoms with van der Waals surface area (Å²) in [5.41, 5.74) is 0.921. The molecule has 0 bridgehead atoms. The van der Waals surface area contributed by atoms with Gasteiger partial charge in [0.15, 0.2) is 0 Å². The van der Waals surface area contributed by atoms with Crippen LogP contribution in [0.25, 0.3) is 0 Å². The Morgan fingerprint density at radius 2 is 2.00 bits per heavy atom. The molecular weight excluding hydrogens is 166 g/mol. The zero-order chi connectivity index (χ0) is 9.68. The van der Waals surface area contributed by atoms with Crippen molar-refractivity contribution in [3.8, 4) is 11.5 Å². The lowest BCUT2D eigenvalue weighted by Gasteiger charge is -2.06. The van der Waals surface area contributed by atoms with Crippen LogP contribution in [0.15, 0.2) is 23.2 Å². The first-order chi connectivity index (χ1) is 6.31. The van der Waals surface area contributed by atoms with E-state index < -0.39 is 0 Å². The number of hydrogen-bond donors (Lipinski definition) is 0. The minimum Gasteiger partial charge on any atom is -0.497 e. The Kier molecular flexibility index (Phi) is 3.31. The van der Waals surface area contributed by atoms with E-state index in [-0.39, 0.29) is 0 Å². The fourth-order valence-electron chi connectivity index (χ4n) is 1.08. The van der Waals surface area contributed by atoms with Gasteiger partial charge in [0, 0.05) is 18.8 Å². The lowest BCUT2D eigenvalue weighted by Crippen LogP contribution is -1.92. The van der Waals surface area contributed by atoms with Crippen LogP contribution in [0.2, 0.25) is 0 Å². The van der Waals surface area contributed by atoms with E-state index in [4.69, 9.17) is 9.47 Å². The van der Waals surface area contributed by atoms with Crippen LogP contribution < -0.4 is 9.47 Å². The number of rotatable bonds is 3. The molecule has 0 aromatic heterocycles. The van der Waals surface area contributed by atoms with E-state index in [1.54, 1.807) is 27.5 Å². The van der Waals surface area contributed by atoms with Gasteiger partial charge in [-0.25, -0.2) is 0 Å². The summed E-state index contributed by atoms with van der Waals surface area (Å²) in [5, 5.41) is 0. The third-order valence-electron chi connectivity index (χ3n) is 1.71. The van der Waals surface area contributed by atoms with Crippen molar-refractivity contribution in [3.05, 3.63) is 23.8 Å². The van der Waals surface area contributed by atoms with Crippen molar-refractivity contribution in [3.63, 3.8) is 0 Å². The van der Waals surface area contributed by atoms with Gasteiger partial charge < -0.3 is 9.47 Å². The number of methoxy groups -OCH3 is 2. The van der Waals surface area contributed by atoms with E-state index in [1.807, 2.05) is 18.2 Å². The molecule has 0 unspecified atom stereocenters. The predicted octanol–water partition coefficient (Wildman–Crippen LogP) is 1.75. The maximum absolute atomic E-state index is 5.15. The molecule has 0 N–H and O–H groups in total. The summed E-state index contributed by atoms with van der Waals surface area (Å²) in [5.74, 6) is 1.60. The maximum atomic E-state index is 5.15. The number of hydrogen-bond acceptors (Lipinski definition) is 3. The number of aliphatic imine (C=N–C) groups is 1. The molecule has 1 aromatic carbocycles. The Morgan fingerprint density at radius 3 is 2.54 bits per heavy atom. The number of benzene rings is 1. The summed E-state index contributed by atoms with van der Waals surface area (Å²) in [4.78, 5) is 3.93. The van der Waals surface area contributed by atoms with Gasteiger partial charge in [0.1, 0.15) is 11.5 Å². The van der Waals surface area contributed by atoms with Crippen molar-refractivity contribution in [2.24, 2.45) is 4.99 Å². The topological polar surface area (TPSA) is 30.8 Å². The number of ether oxygens (including phenoxy) is 2. The van der Waals surface area contributed by atoms with Crippen LogP contribution in [0.5, 0.6) is 11.5 Å². The first-order valence-corrected chi connectivity index (χ1v) is 3.96. The molecule has 3 heteroatoms. The Morgan fingerprint density at radius 1 is 1.23 bits per heavy atom. The summed E-state index contributed by atoms with van der Waals surface area (Å²) in [6, 6.07) is 5.59. The Bertz CT molecular complexity index is 308. The molecule has 70 valence electrons. The molecule has 0 radical (unpaired) electrons. The lowest BCUT2D eigenvalue weighted by molar-refractivity contribution is 0.402. The Labute approximate surface area is 78.0 Å². The lowest BCUT2D eigenvalue weighted by atomic mass is 10.2. The fourth-order valence-corrected chi connectivity index (χ4v) is 1.08. The van der Waals surface area contributed by atoms with Crippen LogP contribution in [0.4, 0.5) is 0 Å². The van der Waals surface area contributed by atoms with Crippen molar-refractivity contribution in [2.75, 3.05) is 21.3 Å². The van der Waals surface area contributed by atoms with E-state index in [2.05, 4.69) is 4.99 Å². The minimum atomic E-state index is 0.798. The van der Waals surface area contributed by atoms with Crippen LogP contribution in [-0.2, 0) is 0 Å². The molecule has 0 spiro atoms. The van der Waals surface area contributed by atoms with Gasteiger partial charge in [-0.15, -0.1) is 0 Å². The van der Waals surface area contributed by atoms with E-state index in [9.17, 15) is 0 Å². The normalized spacial score (nSPS) is 10.4. The monoisotopic (exact) mass is 179 g/mol. The van der Waals surface area contributed by atoms with E-state index >= 15 is 0 Å². The molecule has 3 nitrogen and oxygen atoms in total. The van der Waals surface area contributed by atoms with Crippen molar-refractivity contribution in [1.82, 2.24) is 0 Å². The SMILES string of the molecule is CN=Cc1cc(OC)ccc1OC. The quantitative estimate of drug-likeness (QED) is 0.662. The maximum Gasteiger partial charge on any atom is 0.127 e. The molecule has 0 aliphatic rings. The largest absolute Gasteiger partial charge is 0.497 e. The predicted molar refractivity (Wildman–Crippen MR) is 53.1 cm³/mol. The molecule has 0 heterocycles. The second kappa shape index (κ2) is 4.50. The molecule has 0 aliphatic carbocycles. The molecule has 0 saturated heterocycles. The van der Waals surface area contributed by atoms with Crippen molar-refractivity contribution < 1.29 is 9.47 Å². The van der Waals surface area contributed by atoms with Crippen LogP contribution in [0, 0.1) is 0 Å². The Balaban J connectivity index is 3.09. The summed E-state index contributed by atoms with van der Waals surface area (Å²) in [6.45, 7) is 0. The molecule has 1 aromatic rings. The van der Waals surface area contributed by atoms with E-state index in [0.29, 0.717) is 0 Å². The summed E-state index contributed by atoms with van der Waals surface area (Å²) < 4.78 is 10.2. The van der Waals surface area contributed by atoms with Crippen LogP contribution >= 0.6 is 0 Å². The van der Waals surface area contributed by atoms with Gasteiger partial charge >= 0.3 is 0 Å². The number of nitrogens with zero attached hydrogens (tertiary/aromatic N) is 1. The van der Waals surface area contributed by atoms with Crippen molar-refractivity contribution >= 4 is 6.21 Å². The first-order valence-electron chi connectivity index (χ1n) is 3.96. The summed E-state index contributed by atoms with van der Waals surface area (Å²) in [6.07, 6.45) is 1.74. The zero-order valence-electron chi connectivity index (χ0n) is 8.07. The molecule has 0 amide bonds. The molecular formula is C10H13NO2. The fraction of sp³-hybridized carbons (Fsp3) is 0.300. The third-order valence-corrected chi connectivity index (χ3v) is 1.71. The average Bonchev–Trinajstić information content (AvgIpc) is 2.18. The molecule has 1 rings (SSSR count). The van der Waals surface area contributed by atoms with Crippen molar-refractivity contribution in [1.29, 1.82) is 0 Å². The van der Waals surface area contributed by atoms with Crippen molar-refractivity contribution in [2.45, 2.75) is 0 Å². The highest BCUT2D eigenvalue weighted by Crippen LogP contribution is 2.21. The second-order valence-electron chi connectivity index (χ2n) is 2.50. The van der Waals surface area contributed by atoms with Gasteiger partial charge in [0.25, 0.3) is 0 Å². The van der Waals surface area contributed by atoms with Gasteiger partial charge in [-0.2, -0.15) is 0 Å². The van der Waals surface area contributed by atoms with E-state index in [0.717, 1.165) is 17.1 Å². The van der Waals surface area contributed by atoms with Crippen LogP contribution in [-0.4, -0.2) is 27.5 Å². The summed E-state index contributed by atoms with van der Waals surface area (Å²) in [7, 11) is 4.99. The standard InChI is InChI=1S/C10H13NO2/c1-11-7-8-6-9(12-2)4-5-10(8)13-3/h4-7H,1-3H3. The molecule has 0 atom stereocenters. The van der Waals surface area contributed by atoms with Gasteiger partial charge in [-0.05, 0) is 18.2 Å². The summed E-state index contributed by atoms with van der Waals surface area (Å²) >= 11 is 0. The van der Waals surface area contributed by atoms with Gasteiger partial charge in [0.2, 0.25) is 0 Å². The van der Waals surface area contributed by atoms with Gasteiger partial charge in [-0.1, -0.05) is 0 Å². The Hall–Kier alpha value is -1.51. The van der Waals surface area contributed by atoms with E-state index in [1.165, 1.54) is 0 Å². The highest BCUT2D eigenvalue weighted by atomic mass is 16.5. The third kappa shape index (κ3) is 2.21. The van der Waals surface area contributed by atoms with Gasteiger partial charge in [-0.3, -0.25) is 4.99 Å². The highest BCUT2D eigenvalue weighted by Gasteiger charge is 2.01. The van der Waals surface area contributed by atoms with Crippen LogP contribution in [0.3, 0.4) is 0 Å². The zero-order valence-corrected chi connectivity index (χ0v) is 8.07. The smallest absolute Gasteiger partial charge is 0.127 e. The molecule has 0 saturated carbocycles. The average molecular weight is 179 g/mol.